The van der Waals surface area contributed by atoms with Crippen LogP contribution in [0.15, 0.2) is 54.9 Å². The third kappa shape index (κ3) is 6.63. The standard InChI is InChI=1S/C24H23FN4O2/c1-16(2)11-18-5-3-17(4-6-18)7-8-20-12-21(9-10-26-20)28-24(31)29-22-13-23(25)27-14-19(22)15-30/h3-6,9-10,12-14,16,30H,11,15H2,1-2H3,(H2,26,27,28,29,31). The molecule has 2 aromatic heterocycles. The number of aliphatic hydroxyl groups excluding tert-OH is 1. The van der Waals surface area contributed by atoms with Crippen molar-refractivity contribution in [2.45, 2.75) is 26.9 Å². The Morgan fingerprint density at radius 3 is 2.58 bits per heavy atom. The quantitative estimate of drug-likeness (QED) is 0.425. The van der Waals surface area contributed by atoms with E-state index in [0.717, 1.165) is 18.1 Å². The zero-order chi connectivity index (χ0) is 22.2. The van der Waals surface area contributed by atoms with E-state index in [2.05, 4.69) is 58.4 Å². The Morgan fingerprint density at radius 1 is 1.10 bits per heavy atom. The molecule has 0 aliphatic heterocycles. The molecular weight excluding hydrogens is 395 g/mol. The van der Waals surface area contributed by atoms with Gasteiger partial charge in [0, 0.05) is 35.3 Å². The van der Waals surface area contributed by atoms with Gasteiger partial charge in [-0.25, -0.2) is 14.8 Å². The Balaban J connectivity index is 1.66. The number of pyridine rings is 2. The van der Waals surface area contributed by atoms with Crippen molar-refractivity contribution in [3.05, 3.63) is 83.2 Å². The Hall–Kier alpha value is -3.76. The first-order valence-corrected chi connectivity index (χ1v) is 9.83. The topological polar surface area (TPSA) is 87.1 Å². The Morgan fingerprint density at radius 2 is 1.87 bits per heavy atom. The molecule has 0 unspecified atom stereocenters. The lowest BCUT2D eigenvalue weighted by Crippen LogP contribution is -2.20. The zero-order valence-corrected chi connectivity index (χ0v) is 17.3. The molecule has 3 rings (SSSR count). The summed E-state index contributed by atoms with van der Waals surface area (Å²) >= 11 is 0. The molecule has 6 nitrogen and oxygen atoms in total. The zero-order valence-electron chi connectivity index (χ0n) is 17.3. The van der Waals surface area contributed by atoms with Crippen molar-refractivity contribution >= 4 is 17.4 Å². The van der Waals surface area contributed by atoms with Crippen LogP contribution in [0.4, 0.5) is 20.6 Å². The monoisotopic (exact) mass is 418 g/mol. The van der Waals surface area contributed by atoms with Gasteiger partial charge >= 0.3 is 6.03 Å². The molecule has 31 heavy (non-hydrogen) atoms. The summed E-state index contributed by atoms with van der Waals surface area (Å²) in [7, 11) is 0. The number of aromatic nitrogens is 2. The SMILES string of the molecule is CC(C)Cc1ccc(C#Cc2cc(NC(=O)Nc3cc(F)ncc3CO)ccn2)cc1. The number of amides is 2. The minimum absolute atomic E-state index is 0.141. The number of rotatable bonds is 5. The molecule has 0 aliphatic carbocycles. The summed E-state index contributed by atoms with van der Waals surface area (Å²) in [4.78, 5) is 19.9. The van der Waals surface area contributed by atoms with Crippen molar-refractivity contribution in [3.63, 3.8) is 0 Å². The number of urea groups is 1. The number of hydrogen-bond acceptors (Lipinski definition) is 4. The highest BCUT2D eigenvalue weighted by Crippen LogP contribution is 2.16. The fourth-order valence-corrected chi connectivity index (χ4v) is 2.89. The highest BCUT2D eigenvalue weighted by atomic mass is 19.1. The minimum atomic E-state index is -0.758. The molecule has 0 fully saturated rings. The first-order valence-electron chi connectivity index (χ1n) is 9.83. The second-order valence-electron chi connectivity index (χ2n) is 7.38. The summed E-state index contributed by atoms with van der Waals surface area (Å²) in [5.74, 6) is 5.89. The van der Waals surface area contributed by atoms with E-state index in [1.807, 2.05) is 12.1 Å². The van der Waals surface area contributed by atoms with E-state index in [0.29, 0.717) is 22.9 Å². The first-order chi connectivity index (χ1) is 14.9. The largest absolute Gasteiger partial charge is 0.392 e. The van der Waals surface area contributed by atoms with Crippen LogP contribution >= 0.6 is 0 Å². The van der Waals surface area contributed by atoms with E-state index in [4.69, 9.17) is 0 Å². The van der Waals surface area contributed by atoms with E-state index in [1.165, 1.54) is 18.0 Å². The van der Waals surface area contributed by atoms with Gasteiger partial charge in [0.2, 0.25) is 5.95 Å². The van der Waals surface area contributed by atoms with Crippen molar-refractivity contribution in [3.8, 4) is 11.8 Å². The number of halogens is 1. The summed E-state index contributed by atoms with van der Waals surface area (Å²) in [5, 5.41) is 14.4. The van der Waals surface area contributed by atoms with Crippen LogP contribution in [0.1, 0.15) is 36.2 Å². The van der Waals surface area contributed by atoms with Gasteiger partial charge in [-0.3, -0.25) is 0 Å². The van der Waals surface area contributed by atoms with Crippen LogP contribution in [0.25, 0.3) is 0 Å². The number of benzene rings is 1. The Labute approximate surface area is 180 Å². The predicted molar refractivity (Wildman–Crippen MR) is 118 cm³/mol. The van der Waals surface area contributed by atoms with Gasteiger partial charge in [-0.05, 0) is 48.1 Å². The van der Waals surface area contributed by atoms with Gasteiger partial charge in [-0.2, -0.15) is 4.39 Å². The van der Waals surface area contributed by atoms with Crippen LogP contribution in [0.2, 0.25) is 0 Å². The van der Waals surface area contributed by atoms with Gasteiger partial charge in [0.05, 0.1) is 12.3 Å². The molecule has 3 N–H and O–H groups in total. The molecule has 0 atom stereocenters. The lowest BCUT2D eigenvalue weighted by atomic mass is 10.0. The van der Waals surface area contributed by atoms with Crippen LogP contribution in [-0.2, 0) is 13.0 Å². The van der Waals surface area contributed by atoms with Gasteiger partial charge in [0.1, 0.15) is 5.69 Å². The normalized spacial score (nSPS) is 10.4. The average Bonchev–Trinajstić information content (AvgIpc) is 2.73. The maximum Gasteiger partial charge on any atom is 0.323 e. The molecule has 0 saturated heterocycles. The van der Waals surface area contributed by atoms with Gasteiger partial charge in [-0.1, -0.05) is 31.9 Å². The van der Waals surface area contributed by atoms with Crippen molar-refractivity contribution in [1.82, 2.24) is 9.97 Å². The molecule has 7 heteroatoms. The highest BCUT2D eigenvalue weighted by Gasteiger charge is 2.09. The molecule has 0 radical (unpaired) electrons. The Kier molecular flexibility index (Phi) is 7.31. The van der Waals surface area contributed by atoms with Crippen molar-refractivity contribution < 1.29 is 14.3 Å². The van der Waals surface area contributed by atoms with Gasteiger partial charge in [-0.15, -0.1) is 0 Å². The molecule has 158 valence electrons. The summed E-state index contributed by atoms with van der Waals surface area (Å²) in [6, 6.07) is 11.8. The summed E-state index contributed by atoms with van der Waals surface area (Å²) < 4.78 is 13.3. The minimum Gasteiger partial charge on any atom is -0.392 e. The molecule has 0 spiro atoms. The maximum absolute atomic E-state index is 13.3. The van der Waals surface area contributed by atoms with Crippen LogP contribution < -0.4 is 10.6 Å². The third-order valence-electron chi connectivity index (χ3n) is 4.32. The van der Waals surface area contributed by atoms with Crippen LogP contribution in [-0.4, -0.2) is 21.1 Å². The first kappa shape index (κ1) is 21.9. The number of carbonyl (C=O) groups is 1. The van der Waals surface area contributed by atoms with Crippen LogP contribution in [0.3, 0.4) is 0 Å². The average molecular weight is 418 g/mol. The summed E-state index contributed by atoms with van der Waals surface area (Å²) in [6.07, 6.45) is 3.73. The molecule has 0 saturated carbocycles. The van der Waals surface area contributed by atoms with Crippen molar-refractivity contribution in [1.29, 1.82) is 0 Å². The molecule has 1 aromatic carbocycles. The summed E-state index contributed by atoms with van der Waals surface area (Å²) in [6.45, 7) is 3.99. The molecule has 0 aliphatic rings. The molecule has 2 amide bonds. The van der Waals surface area contributed by atoms with E-state index in [-0.39, 0.29) is 12.3 Å². The fourth-order valence-electron chi connectivity index (χ4n) is 2.89. The number of aliphatic hydroxyl groups is 1. The van der Waals surface area contributed by atoms with E-state index in [9.17, 15) is 14.3 Å². The van der Waals surface area contributed by atoms with E-state index in [1.54, 1.807) is 12.1 Å². The van der Waals surface area contributed by atoms with E-state index >= 15 is 0 Å². The highest BCUT2D eigenvalue weighted by molar-refractivity contribution is 6.00. The van der Waals surface area contributed by atoms with Gasteiger partial charge < -0.3 is 15.7 Å². The molecule has 3 aromatic rings. The smallest absolute Gasteiger partial charge is 0.323 e. The van der Waals surface area contributed by atoms with Gasteiger partial charge in [0.25, 0.3) is 0 Å². The second-order valence-corrected chi connectivity index (χ2v) is 7.38. The Bertz CT molecular complexity index is 1120. The number of hydrogen-bond donors (Lipinski definition) is 3. The lowest BCUT2D eigenvalue weighted by Gasteiger charge is -2.10. The van der Waals surface area contributed by atoms with Crippen molar-refractivity contribution in [2.24, 2.45) is 5.92 Å². The van der Waals surface area contributed by atoms with Crippen LogP contribution in [0, 0.1) is 23.7 Å². The fraction of sp³-hybridized carbons (Fsp3) is 0.208. The predicted octanol–water partition coefficient (Wildman–Crippen LogP) is 4.35. The summed E-state index contributed by atoms with van der Waals surface area (Å²) in [5.41, 5.74) is 3.56. The van der Waals surface area contributed by atoms with Crippen LogP contribution in [0.5, 0.6) is 0 Å². The number of carbonyl (C=O) groups excluding carboxylic acids is 1. The van der Waals surface area contributed by atoms with E-state index < -0.39 is 12.0 Å². The third-order valence-corrected chi connectivity index (χ3v) is 4.32. The second kappa shape index (κ2) is 10.3. The van der Waals surface area contributed by atoms with Crippen molar-refractivity contribution in [2.75, 3.05) is 10.6 Å². The number of nitrogens with one attached hydrogen (secondary N) is 2. The molecule has 2 heterocycles. The maximum atomic E-state index is 13.3. The number of nitrogens with zero attached hydrogens (tertiary/aromatic N) is 2. The number of anilines is 2. The molecular formula is C24H23FN4O2. The lowest BCUT2D eigenvalue weighted by molar-refractivity contribution is 0.262. The van der Waals surface area contributed by atoms with Gasteiger partial charge in [0.15, 0.2) is 0 Å². The molecule has 0 bridgehead atoms.